The first kappa shape index (κ1) is 69.1. The van der Waals surface area contributed by atoms with E-state index in [0.717, 1.165) is 96.3 Å². The van der Waals surface area contributed by atoms with E-state index >= 15 is 0 Å². The van der Waals surface area contributed by atoms with E-state index in [9.17, 15) is 34.5 Å². The molecule has 1 rings (SSSR count). The summed E-state index contributed by atoms with van der Waals surface area (Å²) in [4.78, 5) is 50.9. The van der Waals surface area contributed by atoms with Crippen LogP contribution < -0.4 is 0 Å². The first-order valence-electron chi connectivity index (χ1n) is 28.1. The minimum Gasteiger partial charge on any atom is -0.479 e. The zero-order valence-electron chi connectivity index (χ0n) is 46.6. The molecule has 0 aromatic heterocycles. The van der Waals surface area contributed by atoms with Gasteiger partial charge in [0.15, 0.2) is 24.6 Å². The molecule has 12 nitrogen and oxygen atoms in total. The van der Waals surface area contributed by atoms with Gasteiger partial charge in [-0.1, -0.05) is 197 Å². The number of unbranched alkanes of at least 4 members (excludes halogenated alkanes) is 3. The Labute approximate surface area is 462 Å². The lowest BCUT2D eigenvalue weighted by Gasteiger charge is -2.40. The van der Waals surface area contributed by atoms with Crippen LogP contribution in [0.25, 0.3) is 0 Å². The standard InChI is InChI=1S/C65H94O12/c1-4-7-10-13-16-19-22-25-27-28-29-30-32-34-36-39-42-45-48-51-57(66)73-54-56(75-58(67)52-49-46-43-40-38-35-31-26-23-20-17-14-11-8-5-2)55-74-65-63(61(70)60(69)62(77-65)64(71)72)76-59(68)53-50-47-44-41-37-33-24-21-18-15-12-9-6-3/h7-12,16-21,25-27,29-31,33-34,36-38,40,42,45-46,49,56,60-63,65,69-70H,4-6,13-15,22-24,28,32,35,39,41,43-44,47-48,50-55H2,1-3H3,(H,71,72)/b10-7-,11-8-,12-9-,19-16-,20-17-,21-18-,27-25-,30-29-,31-26-,36-34-,37-33-,40-38-,45-42-,49-46-. The smallest absolute Gasteiger partial charge is 0.335 e. The normalized spacial score (nSPS) is 19.3. The molecule has 3 N–H and O–H groups in total. The van der Waals surface area contributed by atoms with E-state index < -0.39 is 73.9 Å². The van der Waals surface area contributed by atoms with Crippen LogP contribution in [0.1, 0.15) is 162 Å². The van der Waals surface area contributed by atoms with Gasteiger partial charge in [0.05, 0.1) is 13.0 Å². The van der Waals surface area contributed by atoms with Gasteiger partial charge in [-0.25, -0.2) is 4.79 Å². The predicted molar refractivity (Wildman–Crippen MR) is 312 cm³/mol. The van der Waals surface area contributed by atoms with E-state index in [4.69, 9.17) is 23.7 Å². The lowest BCUT2D eigenvalue weighted by atomic mass is 9.98. The van der Waals surface area contributed by atoms with E-state index in [1.165, 1.54) is 0 Å². The summed E-state index contributed by atoms with van der Waals surface area (Å²) < 4.78 is 28.1. The van der Waals surface area contributed by atoms with Crippen LogP contribution in [0.3, 0.4) is 0 Å². The Kier molecular flexibility index (Phi) is 45.6. The first-order valence-corrected chi connectivity index (χ1v) is 28.1. The highest BCUT2D eigenvalue weighted by molar-refractivity contribution is 5.74. The maximum absolute atomic E-state index is 13.1. The number of hydrogen-bond acceptors (Lipinski definition) is 11. The van der Waals surface area contributed by atoms with Crippen molar-refractivity contribution in [3.8, 4) is 0 Å². The molecule has 12 heteroatoms. The van der Waals surface area contributed by atoms with Gasteiger partial charge in [-0.15, -0.1) is 0 Å². The number of esters is 3. The van der Waals surface area contributed by atoms with Crippen molar-refractivity contribution in [3.63, 3.8) is 0 Å². The summed E-state index contributed by atoms with van der Waals surface area (Å²) in [5, 5.41) is 31.4. The number of rotatable bonds is 44. The third kappa shape index (κ3) is 40.9. The minimum atomic E-state index is -1.95. The zero-order valence-corrected chi connectivity index (χ0v) is 46.6. The molecular weight excluding hydrogens is 973 g/mol. The summed E-state index contributed by atoms with van der Waals surface area (Å²) in [6.07, 6.45) is 63.8. The Balaban J connectivity index is 2.84. The van der Waals surface area contributed by atoms with Gasteiger partial charge in [0.25, 0.3) is 0 Å². The van der Waals surface area contributed by atoms with Gasteiger partial charge in [0.1, 0.15) is 18.8 Å². The number of allylic oxidation sites excluding steroid dienone is 27. The Morgan fingerprint density at radius 2 is 0.844 bits per heavy atom. The summed E-state index contributed by atoms with van der Waals surface area (Å²) in [6, 6.07) is 0. The van der Waals surface area contributed by atoms with Crippen molar-refractivity contribution in [2.45, 2.75) is 199 Å². The SMILES string of the molecule is CC/C=C\C/C=C\C/C=C\C/C=C\C/C=C\C/C=C\CCC(=O)OCC(COC1OC(C(=O)O)C(O)C(O)C1OC(=O)CCCCC/C=C\C/C=C\C/C=C\CC)OC(=O)C/C=C\C/C=C\C/C=C\C/C=C\C/C=C\CC. The summed E-state index contributed by atoms with van der Waals surface area (Å²) >= 11 is 0. The average Bonchev–Trinajstić information content (AvgIpc) is 3.42. The van der Waals surface area contributed by atoms with Crippen LogP contribution in [0.5, 0.6) is 0 Å². The molecule has 0 bridgehead atoms. The van der Waals surface area contributed by atoms with Crippen LogP contribution in [-0.4, -0.2) is 89.2 Å². The Hall–Kier alpha value is -5.92. The molecule has 1 saturated heterocycles. The summed E-state index contributed by atoms with van der Waals surface area (Å²) in [5.41, 5.74) is 0. The fraction of sp³-hybridized carbons (Fsp3) is 0.508. The molecule has 1 aliphatic heterocycles. The minimum absolute atomic E-state index is 0.00329. The first-order chi connectivity index (χ1) is 37.6. The molecule has 0 spiro atoms. The van der Waals surface area contributed by atoms with Crippen LogP contribution in [0.4, 0.5) is 0 Å². The topological polar surface area (TPSA) is 175 Å². The predicted octanol–water partition coefficient (Wildman–Crippen LogP) is 14.3. The molecule has 6 atom stereocenters. The highest BCUT2D eigenvalue weighted by Crippen LogP contribution is 2.26. The van der Waals surface area contributed by atoms with Crippen LogP contribution in [0, 0.1) is 0 Å². The number of carboxylic acids is 1. The molecule has 1 aliphatic rings. The third-order valence-corrected chi connectivity index (χ3v) is 11.3. The summed E-state index contributed by atoms with van der Waals surface area (Å²) in [7, 11) is 0. The molecule has 0 amide bonds. The number of carbonyl (C=O) groups is 4. The van der Waals surface area contributed by atoms with E-state index in [1.807, 2.05) is 30.4 Å². The number of aliphatic hydroxyl groups excluding tert-OH is 2. The maximum atomic E-state index is 13.1. The van der Waals surface area contributed by atoms with Gasteiger partial charge >= 0.3 is 23.9 Å². The van der Waals surface area contributed by atoms with Crippen LogP contribution in [-0.2, 0) is 42.9 Å². The van der Waals surface area contributed by atoms with E-state index in [2.05, 4.69) is 154 Å². The molecule has 0 radical (unpaired) electrons. The fourth-order valence-corrected chi connectivity index (χ4v) is 7.13. The van der Waals surface area contributed by atoms with E-state index in [-0.39, 0.29) is 19.3 Å². The number of aliphatic carboxylic acids is 1. The molecule has 0 aromatic carbocycles. The van der Waals surface area contributed by atoms with E-state index in [0.29, 0.717) is 25.7 Å². The Morgan fingerprint density at radius 1 is 0.442 bits per heavy atom. The van der Waals surface area contributed by atoms with Gasteiger partial charge in [-0.2, -0.15) is 0 Å². The number of hydrogen-bond donors (Lipinski definition) is 3. The van der Waals surface area contributed by atoms with Crippen LogP contribution >= 0.6 is 0 Å². The fourth-order valence-electron chi connectivity index (χ4n) is 7.13. The van der Waals surface area contributed by atoms with Crippen LogP contribution in [0.2, 0.25) is 0 Å². The second kappa shape index (κ2) is 50.9. The largest absolute Gasteiger partial charge is 0.479 e. The molecule has 1 fully saturated rings. The van der Waals surface area contributed by atoms with Gasteiger partial charge in [-0.05, 0) is 116 Å². The number of aliphatic hydroxyl groups is 2. The van der Waals surface area contributed by atoms with Crippen molar-refractivity contribution in [1.82, 2.24) is 0 Å². The number of carboxylic acid groups (broad SMARTS) is 1. The summed E-state index contributed by atoms with van der Waals surface area (Å²) in [5.74, 6) is -3.48. The van der Waals surface area contributed by atoms with Gasteiger partial charge in [0, 0.05) is 12.8 Å². The lowest BCUT2D eigenvalue weighted by molar-refractivity contribution is -0.301. The molecule has 0 saturated carbocycles. The molecule has 77 heavy (non-hydrogen) atoms. The zero-order chi connectivity index (χ0) is 56.1. The van der Waals surface area contributed by atoms with Crippen molar-refractivity contribution in [1.29, 1.82) is 0 Å². The van der Waals surface area contributed by atoms with Crippen molar-refractivity contribution in [2.24, 2.45) is 0 Å². The quantitative estimate of drug-likeness (QED) is 0.0228. The second-order valence-electron chi connectivity index (χ2n) is 18.1. The van der Waals surface area contributed by atoms with Gasteiger partial charge in [0.2, 0.25) is 0 Å². The van der Waals surface area contributed by atoms with Crippen molar-refractivity contribution in [3.05, 3.63) is 170 Å². The molecule has 0 aromatic rings. The maximum Gasteiger partial charge on any atom is 0.335 e. The highest BCUT2D eigenvalue weighted by Gasteiger charge is 2.50. The Morgan fingerprint density at radius 3 is 1.27 bits per heavy atom. The highest BCUT2D eigenvalue weighted by atomic mass is 16.7. The molecule has 1 heterocycles. The molecular formula is C65H94O12. The molecule has 0 aliphatic carbocycles. The third-order valence-electron chi connectivity index (χ3n) is 11.3. The van der Waals surface area contributed by atoms with Gasteiger partial charge in [-0.3, -0.25) is 14.4 Å². The second-order valence-corrected chi connectivity index (χ2v) is 18.1. The van der Waals surface area contributed by atoms with Crippen molar-refractivity contribution in [2.75, 3.05) is 13.2 Å². The molecule has 426 valence electrons. The van der Waals surface area contributed by atoms with E-state index in [1.54, 1.807) is 6.08 Å². The average molecular weight is 1070 g/mol. The monoisotopic (exact) mass is 1070 g/mol. The number of carbonyl (C=O) groups excluding carboxylic acids is 3. The van der Waals surface area contributed by atoms with Crippen molar-refractivity contribution >= 4 is 23.9 Å². The van der Waals surface area contributed by atoms with Crippen LogP contribution in [0.15, 0.2) is 170 Å². The molecule has 6 unspecified atom stereocenters. The number of ether oxygens (including phenoxy) is 5. The van der Waals surface area contributed by atoms with Gasteiger partial charge < -0.3 is 39.0 Å². The summed E-state index contributed by atoms with van der Waals surface area (Å²) in [6.45, 7) is 5.44. The Bertz CT molecular complexity index is 1990. The lowest BCUT2D eigenvalue weighted by Crippen LogP contribution is -2.61. The van der Waals surface area contributed by atoms with Crippen molar-refractivity contribution < 1.29 is 58.2 Å².